The fraction of sp³-hybridized carbons (Fsp3) is 0.292. The first kappa shape index (κ1) is 20.4. The molecule has 0 spiro atoms. The molecule has 0 atom stereocenters. The predicted octanol–water partition coefficient (Wildman–Crippen LogP) is 3.22. The Labute approximate surface area is 182 Å². The van der Waals surface area contributed by atoms with E-state index in [9.17, 15) is 18.4 Å². The predicted molar refractivity (Wildman–Crippen MR) is 116 cm³/mol. The Bertz CT molecular complexity index is 1430. The number of rotatable bonds is 2. The molecule has 0 unspecified atom stereocenters. The molecule has 1 fully saturated rings. The number of fused-ring (bicyclic) bond motifs is 2. The van der Waals surface area contributed by atoms with Crippen LogP contribution in [0.5, 0.6) is 0 Å². The summed E-state index contributed by atoms with van der Waals surface area (Å²) in [6, 6.07) is 11.4. The Morgan fingerprint density at radius 1 is 1.09 bits per heavy atom. The number of carbonyl (C=O) groups is 1. The van der Waals surface area contributed by atoms with Gasteiger partial charge in [-0.2, -0.15) is 4.57 Å². The lowest BCUT2D eigenvalue weighted by Gasteiger charge is -2.31. The van der Waals surface area contributed by atoms with Gasteiger partial charge in [0.2, 0.25) is 0 Å². The van der Waals surface area contributed by atoms with Crippen molar-refractivity contribution >= 4 is 16.7 Å². The van der Waals surface area contributed by atoms with E-state index in [1.165, 1.54) is 9.47 Å². The van der Waals surface area contributed by atoms with Crippen molar-refractivity contribution in [2.45, 2.75) is 25.7 Å². The second-order valence-electron chi connectivity index (χ2n) is 8.48. The minimum atomic E-state index is -2.68. The molecule has 6 nitrogen and oxygen atoms in total. The molecule has 0 radical (unpaired) electrons. The Morgan fingerprint density at radius 2 is 1.84 bits per heavy atom. The number of amides is 1. The van der Waals surface area contributed by atoms with Gasteiger partial charge in [-0.25, -0.2) is 13.6 Å². The van der Waals surface area contributed by atoms with Crippen LogP contribution in [0.3, 0.4) is 0 Å². The van der Waals surface area contributed by atoms with Gasteiger partial charge in [0, 0.05) is 37.1 Å². The van der Waals surface area contributed by atoms with Crippen molar-refractivity contribution in [2.75, 3.05) is 13.1 Å². The summed E-state index contributed by atoms with van der Waals surface area (Å²) in [6.45, 7) is 2.09. The van der Waals surface area contributed by atoms with Gasteiger partial charge in [0.15, 0.2) is 0 Å². The number of hydrogen-bond donors (Lipinski definition) is 0. The molecule has 4 aromatic rings. The first-order valence-corrected chi connectivity index (χ1v) is 10.5. The fourth-order valence-electron chi connectivity index (χ4n) is 4.40. The van der Waals surface area contributed by atoms with Crippen molar-refractivity contribution in [2.24, 2.45) is 7.05 Å². The minimum Gasteiger partial charge on any atom is -0.338 e. The van der Waals surface area contributed by atoms with Crippen molar-refractivity contribution < 1.29 is 18.1 Å². The Hall–Kier alpha value is -3.55. The highest BCUT2D eigenvalue weighted by molar-refractivity contribution is 6.02. The average molecular weight is 437 g/mol. The monoisotopic (exact) mass is 437 g/mol. The Morgan fingerprint density at radius 3 is 2.59 bits per heavy atom. The third kappa shape index (κ3) is 3.36. The van der Waals surface area contributed by atoms with E-state index in [0.717, 1.165) is 27.5 Å². The SMILES string of the molecule is Cc1cn2c(=O)n(C)c[n+]2cc1-c1cccc2cc(C(=O)N3CCC(F)(F)CC3)ccc12. The largest absolute Gasteiger partial charge is 0.450 e. The van der Waals surface area contributed by atoms with Crippen LogP contribution in [0.4, 0.5) is 8.78 Å². The molecular weight excluding hydrogens is 414 g/mol. The highest BCUT2D eigenvalue weighted by atomic mass is 19.3. The highest BCUT2D eigenvalue weighted by Gasteiger charge is 2.35. The first-order chi connectivity index (χ1) is 15.2. The third-order valence-corrected chi connectivity index (χ3v) is 6.24. The van der Waals surface area contributed by atoms with E-state index in [0.29, 0.717) is 5.56 Å². The van der Waals surface area contributed by atoms with Crippen LogP contribution in [-0.2, 0) is 7.05 Å². The summed E-state index contributed by atoms with van der Waals surface area (Å²) >= 11 is 0. The van der Waals surface area contributed by atoms with Crippen LogP contribution in [0.1, 0.15) is 28.8 Å². The van der Waals surface area contributed by atoms with E-state index in [1.54, 1.807) is 34.7 Å². The van der Waals surface area contributed by atoms with Crippen LogP contribution in [0, 0.1) is 6.92 Å². The molecule has 2 aromatic heterocycles. The highest BCUT2D eigenvalue weighted by Crippen LogP contribution is 2.32. The zero-order valence-corrected chi connectivity index (χ0v) is 17.9. The summed E-state index contributed by atoms with van der Waals surface area (Å²) in [5.41, 5.74) is 3.28. The first-order valence-electron chi connectivity index (χ1n) is 10.5. The van der Waals surface area contributed by atoms with Crippen LogP contribution >= 0.6 is 0 Å². The van der Waals surface area contributed by atoms with Crippen molar-refractivity contribution in [3.05, 3.63) is 76.7 Å². The number of benzene rings is 2. The summed E-state index contributed by atoms with van der Waals surface area (Å²) in [5, 5.41) is 1.87. The zero-order chi connectivity index (χ0) is 22.6. The molecule has 0 bridgehead atoms. The summed E-state index contributed by atoms with van der Waals surface area (Å²) in [5.74, 6) is -2.90. The lowest BCUT2D eigenvalue weighted by molar-refractivity contribution is -0.620. The molecule has 1 amide bonds. The fourth-order valence-corrected chi connectivity index (χ4v) is 4.40. The molecule has 5 rings (SSSR count). The summed E-state index contributed by atoms with van der Waals surface area (Å²) in [4.78, 5) is 26.6. The smallest absolute Gasteiger partial charge is 0.338 e. The third-order valence-electron chi connectivity index (χ3n) is 6.24. The van der Waals surface area contributed by atoms with E-state index < -0.39 is 5.92 Å². The van der Waals surface area contributed by atoms with E-state index in [4.69, 9.17) is 0 Å². The van der Waals surface area contributed by atoms with Gasteiger partial charge in [0.1, 0.15) is 6.20 Å². The van der Waals surface area contributed by atoms with Crippen molar-refractivity contribution in [1.29, 1.82) is 0 Å². The van der Waals surface area contributed by atoms with E-state index in [-0.39, 0.29) is 37.5 Å². The number of likely N-dealkylation sites (tertiary alicyclic amines) is 1. The number of carbonyl (C=O) groups excluding carboxylic acids is 1. The zero-order valence-electron chi connectivity index (χ0n) is 17.9. The number of nitrogens with zero attached hydrogens (tertiary/aromatic N) is 4. The molecule has 8 heteroatoms. The molecule has 2 aromatic carbocycles. The maximum atomic E-state index is 13.5. The molecule has 164 valence electrons. The molecule has 0 aliphatic carbocycles. The molecule has 3 heterocycles. The standard InChI is InChI=1S/C24H23F2N4O2/c1-16-13-30-23(32)27(2)15-29(30)14-21(16)20-5-3-4-17-12-18(6-7-19(17)20)22(31)28-10-8-24(25,26)9-11-28/h3-7,12-15H,8-11H2,1-2H3/q+1. The number of halogens is 2. The second kappa shape index (κ2) is 7.25. The normalized spacial score (nSPS) is 16.1. The molecular formula is C24H23F2N4O2+. The summed E-state index contributed by atoms with van der Waals surface area (Å²) in [7, 11) is 1.71. The van der Waals surface area contributed by atoms with Crippen molar-refractivity contribution in [3.8, 4) is 11.1 Å². The van der Waals surface area contributed by atoms with Gasteiger partial charge in [-0.05, 0) is 41.0 Å². The van der Waals surface area contributed by atoms with Gasteiger partial charge in [0.05, 0.1) is 13.2 Å². The number of piperidine rings is 1. The van der Waals surface area contributed by atoms with Gasteiger partial charge >= 0.3 is 5.69 Å². The molecule has 1 saturated heterocycles. The average Bonchev–Trinajstić information content (AvgIpc) is 3.05. The minimum absolute atomic E-state index is 0.0663. The lowest BCUT2D eigenvalue weighted by Crippen LogP contribution is -2.42. The second-order valence-corrected chi connectivity index (χ2v) is 8.48. The molecule has 32 heavy (non-hydrogen) atoms. The van der Waals surface area contributed by atoms with Crippen molar-refractivity contribution in [1.82, 2.24) is 14.0 Å². The maximum Gasteiger partial charge on any atom is 0.450 e. The Balaban J connectivity index is 1.54. The van der Waals surface area contributed by atoms with E-state index >= 15 is 0 Å². The molecule has 0 N–H and O–H groups in total. The van der Waals surface area contributed by atoms with Crippen LogP contribution in [0.25, 0.3) is 21.9 Å². The van der Waals surface area contributed by atoms with Gasteiger partial charge in [-0.3, -0.25) is 4.79 Å². The number of hydrogen-bond acceptors (Lipinski definition) is 2. The maximum absolute atomic E-state index is 13.5. The van der Waals surface area contributed by atoms with Gasteiger partial charge in [-0.1, -0.05) is 24.3 Å². The molecule has 0 saturated carbocycles. The van der Waals surface area contributed by atoms with Crippen molar-refractivity contribution in [3.63, 3.8) is 0 Å². The topological polar surface area (TPSA) is 50.8 Å². The number of aromatic nitrogens is 3. The van der Waals surface area contributed by atoms with Gasteiger partial charge < -0.3 is 4.90 Å². The van der Waals surface area contributed by atoms with Crippen LogP contribution in [0.15, 0.2) is 59.9 Å². The molecule has 1 aliphatic heterocycles. The van der Waals surface area contributed by atoms with Crippen LogP contribution < -0.4 is 10.2 Å². The molecule has 1 aliphatic rings. The van der Waals surface area contributed by atoms with Crippen LogP contribution in [0.2, 0.25) is 0 Å². The quantitative estimate of drug-likeness (QED) is 0.452. The van der Waals surface area contributed by atoms with Gasteiger partial charge in [-0.15, -0.1) is 9.03 Å². The van der Waals surface area contributed by atoms with E-state index in [2.05, 4.69) is 0 Å². The van der Waals surface area contributed by atoms with E-state index in [1.807, 2.05) is 43.5 Å². The van der Waals surface area contributed by atoms with Crippen LogP contribution in [-0.4, -0.2) is 38.9 Å². The summed E-state index contributed by atoms with van der Waals surface area (Å²) in [6.07, 6.45) is 4.85. The number of aryl methyl sites for hydroxylation is 2. The summed E-state index contributed by atoms with van der Waals surface area (Å²) < 4.78 is 31.7. The number of alkyl halides is 2. The lowest BCUT2D eigenvalue weighted by atomic mass is 9.95. The Kier molecular flexibility index (Phi) is 4.62. The van der Waals surface area contributed by atoms with Gasteiger partial charge in [0.25, 0.3) is 18.2 Å².